The summed E-state index contributed by atoms with van der Waals surface area (Å²) in [6, 6.07) is 10.5. The number of hydrogen-bond acceptors (Lipinski definition) is 2. The molecule has 1 aromatic carbocycles. The first-order valence-corrected chi connectivity index (χ1v) is 7.18. The molecule has 19 heavy (non-hydrogen) atoms. The Hall–Kier alpha value is -1.12. The molecule has 102 valence electrons. The smallest absolute Gasteiger partial charge is 0.173 e. The van der Waals surface area contributed by atoms with E-state index in [1.54, 1.807) is 0 Å². The van der Waals surface area contributed by atoms with Gasteiger partial charge in [0.2, 0.25) is 0 Å². The molecule has 2 heteroatoms. The molecule has 1 saturated heterocycles. The quantitative estimate of drug-likeness (QED) is 0.766. The van der Waals surface area contributed by atoms with E-state index in [2.05, 4.69) is 44.7 Å². The highest BCUT2D eigenvalue weighted by atomic mass is 16.7. The van der Waals surface area contributed by atoms with E-state index in [1.807, 2.05) is 12.1 Å². The van der Waals surface area contributed by atoms with Gasteiger partial charge in [0, 0.05) is 18.3 Å². The van der Waals surface area contributed by atoms with Crippen molar-refractivity contribution in [2.75, 3.05) is 0 Å². The number of ether oxygens (including phenoxy) is 2. The summed E-state index contributed by atoms with van der Waals surface area (Å²) in [5.74, 6) is 0.363. The molecule has 0 radical (unpaired) electrons. The molecule has 0 N–H and O–H groups in total. The van der Waals surface area contributed by atoms with Crippen LogP contribution in [0, 0.1) is 5.92 Å². The molecular formula is C17H22O2. The Morgan fingerprint density at radius 2 is 1.84 bits per heavy atom. The Kier molecular flexibility index (Phi) is 3.23. The van der Waals surface area contributed by atoms with Gasteiger partial charge in [0.1, 0.15) is 0 Å². The van der Waals surface area contributed by atoms with Gasteiger partial charge in [0.15, 0.2) is 5.79 Å². The minimum Gasteiger partial charge on any atom is -0.347 e. The van der Waals surface area contributed by atoms with Gasteiger partial charge in [-0.1, -0.05) is 36.4 Å². The van der Waals surface area contributed by atoms with Gasteiger partial charge < -0.3 is 9.47 Å². The van der Waals surface area contributed by atoms with Gasteiger partial charge in [-0.05, 0) is 25.8 Å². The Balaban J connectivity index is 1.79. The monoisotopic (exact) mass is 258 g/mol. The second-order valence-corrected chi connectivity index (χ2v) is 5.89. The predicted octanol–water partition coefficient (Wildman–Crippen LogP) is 3.89. The number of rotatable bonds is 3. The molecule has 1 aliphatic carbocycles. The number of hydrogen-bond donors (Lipinski definition) is 0. The van der Waals surface area contributed by atoms with E-state index in [1.165, 1.54) is 5.56 Å². The standard InChI is InChI=1S/C17H22O2/c1-4-15(14-8-6-5-7-9-14)16-11-17(16)18-12(2)10-13(3)19-17/h4-9,12-13,15-16H,1,10-11H2,2-3H3/t12-,13-,15-,16+/m1/s1. The molecule has 1 heterocycles. The Morgan fingerprint density at radius 1 is 1.21 bits per heavy atom. The first-order chi connectivity index (χ1) is 9.14. The zero-order chi connectivity index (χ0) is 13.5. The summed E-state index contributed by atoms with van der Waals surface area (Å²) in [6.07, 6.45) is 4.57. The van der Waals surface area contributed by atoms with E-state index >= 15 is 0 Å². The van der Waals surface area contributed by atoms with E-state index in [-0.39, 0.29) is 18.0 Å². The maximum absolute atomic E-state index is 6.10. The normalized spacial score (nSPS) is 38.9. The molecule has 4 atom stereocenters. The van der Waals surface area contributed by atoms with Gasteiger partial charge in [-0.2, -0.15) is 0 Å². The van der Waals surface area contributed by atoms with E-state index in [9.17, 15) is 0 Å². The van der Waals surface area contributed by atoms with Gasteiger partial charge in [0.25, 0.3) is 0 Å². The van der Waals surface area contributed by atoms with Crippen LogP contribution in [-0.2, 0) is 9.47 Å². The third kappa shape index (κ3) is 2.35. The summed E-state index contributed by atoms with van der Waals surface area (Å²) >= 11 is 0. The fourth-order valence-corrected chi connectivity index (χ4v) is 3.40. The molecule has 3 rings (SSSR count). The molecule has 1 aliphatic heterocycles. The fraction of sp³-hybridized carbons (Fsp3) is 0.529. The molecule has 1 spiro atoms. The zero-order valence-corrected chi connectivity index (χ0v) is 11.7. The van der Waals surface area contributed by atoms with Crippen LogP contribution in [-0.4, -0.2) is 18.0 Å². The summed E-state index contributed by atoms with van der Waals surface area (Å²) < 4.78 is 12.2. The van der Waals surface area contributed by atoms with Crippen molar-refractivity contribution in [2.45, 2.75) is 50.6 Å². The van der Waals surface area contributed by atoms with E-state index < -0.39 is 0 Å². The summed E-state index contributed by atoms with van der Waals surface area (Å²) in [6.45, 7) is 8.28. The van der Waals surface area contributed by atoms with E-state index in [0.717, 1.165) is 12.8 Å². The minimum absolute atomic E-state index is 0.287. The van der Waals surface area contributed by atoms with Crippen molar-refractivity contribution in [2.24, 2.45) is 5.92 Å². The average molecular weight is 258 g/mol. The zero-order valence-electron chi connectivity index (χ0n) is 11.7. The van der Waals surface area contributed by atoms with Crippen molar-refractivity contribution in [1.82, 2.24) is 0 Å². The third-order valence-electron chi connectivity index (χ3n) is 4.25. The third-order valence-corrected chi connectivity index (χ3v) is 4.25. The maximum atomic E-state index is 6.10. The average Bonchev–Trinajstić information content (AvgIpc) is 3.02. The minimum atomic E-state index is -0.355. The van der Waals surface area contributed by atoms with Crippen molar-refractivity contribution in [3.63, 3.8) is 0 Å². The molecule has 2 fully saturated rings. The number of benzene rings is 1. The van der Waals surface area contributed by atoms with E-state index in [4.69, 9.17) is 9.47 Å². The van der Waals surface area contributed by atoms with Crippen LogP contribution in [0.2, 0.25) is 0 Å². The Morgan fingerprint density at radius 3 is 2.42 bits per heavy atom. The van der Waals surface area contributed by atoms with Crippen LogP contribution < -0.4 is 0 Å². The Labute approximate surface area is 115 Å². The van der Waals surface area contributed by atoms with Crippen molar-refractivity contribution < 1.29 is 9.47 Å². The van der Waals surface area contributed by atoms with Crippen LogP contribution in [0.1, 0.15) is 38.2 Å². The molecule has 2 nitrogen and oxygen atoms in total. The summed E-state index contributed by atoms with van der Waals surface area (Å²) in [7, 11) is 0. The SMILES string of the molecule is C=C[C@H](c1ccccc1)[C@@H]1CC12O[C@H](C)C[C@@H](C)O2. The number of allylic oxidation sites excluding steroid dienone is 1. The van der Waals surface area contributed by atoms with Crippen LogP contribution in [0.5, 0.6) is 0 Å². The van der Waals surface area contributed by atoms with Gasteiger partial charge in [-0.3, -0.25) is 0 Å². The molecule has 0 amide bonds. The first kappa shape index (κ1) is 12.9. The van der Waals surface area contributed by atoms with Gasteiger partial charge in [-0.25, -0.2) is 0 Å². The van der Waals surface area contributed by atoms with Gasteiger partial charge in [0.05, 0.1) is 12.2 Å². The van der Waals surface area contributed by atoms with Gasteiger partial charge >= 0.3 is 0 Å². The van der Waals surface area contributed by atoms with Crippen molar-refractivity contribution in [1.29, 1.82) is 0 Å². The second kappa shape index (κ2) is 4.77. The largest absolute Gasteiger partial charge is 0.347 e. The first-order valence-electron chi connectivity index (χ1n) is 7.18. The molecular weight excluding hydrogens is 236 g/mol. The highest BCUT2D eigenvalue weighted by molar-refractivity contribution is 5.28. The summed E-state index contributed by atoms with van der Waals surface area (Å²) in [5, 5.41) is 0. The highest BCUT2D eigenvalue weighted by Gasteiger charge is 2.62. The summed E-state index contributed by atoms with van der Waals surface area (Å²) in [5.41, 5.74) is 1.30. The second-order valence-electron chi connectivity index (χ2n) is 5.89. The lowest BCUT2D eigenvalue weighted by Crippen LogP contribution is -2.39. The van der Waals surface area contributed by atoms with Crippen LogP contribution >= 0.6 is 0 Å². The lowest BCUT2D eigenvalue weighted by Gasteiger charge is -2.34. The van der Waals surface area contributed by atoms with Crippen LogP contribution in [0.15, 0.2) is 43.0 Å². The van der Waals surface area contributed by atoms with Gasteiger partial charge in [-0.15, -0.1) is 6.58 Å². The van der Waals surface area contributed by atoms with Crippen molar-refractivity contribution >= 4 is 0 Å². The van der Waals surface area contributed by atoms with Crippen LogP contribution in [0.25, 0.3) is 0 Å². The van der Waals surface area contributed by atoms with Crippen LogP contribution in [0.3, 0.4) is 0 Å². The molecule has 0 aromatic heterocycles. The molecule has 0 bridgehead atoms. The van der Waals surface area contributed by atoms with Crippen molar-refractivity contribution in [3.8, 4) is 0 Å². The molecule has 1 aromatic rings. The summed E-state index contributed by atoms with van der Waals surface area (Å²) in [4.78, 5) is 0. The fourth-order valence-electron chi connectivity index (χ4n) is 3.40. The lowest BCUT2D eigenvalue weighted by molar-refractivity contribution is -0.263. The maximum Gasteiger partial charge on any atom is 0.173 e. The van der Waals surface area contributed by atoms with Crippen LogP contribution in [0.4, 0.5) is 0 Å². The molecule has 2 aliphatic rings. The Bertz CT molecular complexity index is 444. The lowest BCUT2D eigenvalue weighted by atomic mass is 9.93. The predicted molar refractivity (Wildman–Crippen MR) is 75.9 cm³/mol. The highest BCUT2D eigenvalue weighted by Crippen LogP contribution is 2.58. The topological polar surface area (TPSA) is 18.5 Å². The van der Waals surface area contributed by atoms with E-state index in [0.29, 0.717) is 11.8 Å². The molecule has 0 unspecified atom stereocenters. The molecule has 1 saturated carbocycles. The van der Waals surface area contributed by atoms with Crippen molar-refractivity contribution in [3.05, 3.63) is 48.6 Å².